The van der Waals surface area contributed by atoms with Crippen molar-refractivity contribution in [3.63, 3.8) is 0 Å². The van der Waals surface area contributed by atoms with Crippen LogP contribution in [-0.2, 0) is 0 Å². The van der Waals surface area contributed by atoms with Gasteiger partial charge in [-0.05, 0) is 54.6 Å². The van der Waals surface area contributed by atoms with Crippen LogP contribution in [0.15, 0.2) is 194 Å². The largest absolute Gasteiger partial charge is 0.309 e. The minimum atomic E-state index is 0.552. The third-order valence-corrected chi connectivity index (χ3v) is 10.6. The smallest absolute Gasteiger partial charge is 0.238 e. The van der Waals surface area contributed by atoms with Crippen LogP contribution in [0.5, 0.6) is 0 Å². The van der Waals surface area contributed by atoms with E-state index in [1.54, 1.807) is 0 Å². The summed E-state index contributed by atoms with van der Waals surface area (Å²) in [5.74, 6) is 1.74. The Morgan fingerprint density at radius 3 is 1.48 bits per heavy atom. The van der Waals surface area contributed by atoms with E-state index in [1.165, 1.54) is 10.8 Å². The molecule has 0 N–H and O–H groups in total. The van der Waals surface area contributed by atoms with Crippen molar-refractivity contribution in [3.8, 4) is 56.9 Å². The van der Waals surface area contributed by atoms with Gasteiger partial charge < -0.3 is 4.57 Å². The highest BCUT2D eigenvalue weighted by Gasteiger charge is 2.21. The first kappa shape index (κ1) is 31.8. The molecule has 0 fully saturated rings. The van der Waals surface area contributed by atoms with E-state index >= 15 is 0 Å². The van der Waals surface area contributed by atoms with Gasteiger partial charge in [0.05, 0.1) is 33.5 Å². The molecule has 0 bridgehead atoms. The Morgan fingerprint density at radius 2 is 0.786 bits per heavy atom. The van der Waals surface area contributed by atoms with E-state index in [4.69, 9.17) is 19.9 Å². The molecule has 6 heteroatoms. The first-order valence-corrected chi connectivity index (χ1v) is 18.7. The van der Waals surface area contributed by atoms with Crippen LogP contribution < -0.4 is 0 Å². The lowest BCUT2D eigenvalue weighted by Crippen LogP contribution is -2.06. The Labute approximate surface area is 322 Å². The van der Waals surface area contributed by atoms with Crippen molar-refractivity contribution < 1.29 is 0 Å². The standard InChI is InChI=1S/C50H32N6/c1-4-16-33(17-5-1)42-26-15-27-43(51-42)35-20-14-21-36(30-35)49-52-48(34-18-6-2-7-19-34)53-50(54-49)56-45-29-13-11-25-39(45)41-31-40-38-24-10-12-28-44(38)55(46(40)32-47(41)56)37-22-8-3-9-23-37/h1-32H. The van der Waals surface area contributed by atoms with Gasteiger partial charge in [0.2, 0.25) is 5.95 Å². The number of fused-ring (bicyclic) bond motifs is 6. The van der Waals surface area contributed by atoms with Crippen LogP contribution in [-0.4, -0.2) is 29.1 Å². The molecule has 4 aromatic heterocycles. The monoisotopic (exact) mass is 716 g/mol. The van der Waals surface area contributed by atoms with E-state index in [1.807, 2.05) is 66.7 Å². The van der Waals surface area contributed by atoms with Crippen molar-refractivity contribution in [1.82, 2.24) is 29.1 Å². The quantitative estimate of drug-likeness (QED) is 0.172. The van der Waals surface area contributed by atoms with Gasteiger partial charge in [-0.25, -0.2) is 9.97 Å². The fourth-order valence-corrected chi connectivity index (χ4v) is 7.99. The van der Waals surface area contributed by atoms with E-state index in [0.29, 0.717) is 17.6 Å². The molecule has 0 amide bonds. The van der Waals surface area contributed by atoms with Crippen molar-refractivity contribution in [3.05, 3.63) is 194 Å². The minimum Gasteiger partial charge on any atom is -0.309 e. The summed E-state index contributed by atoms with van der Waals surface area (Å²) in [7, 11) is 0. The van der Waals surface area contributed by atoms with Crippen LogP contribution in [0.2, 0.25) is 0 Å². The molecule has 0 atom stereocenters. The van der Waals surface area contributed by atoms with Crippen LogP contribution in [0.25, 0.3) is 101 Å². The Balaban J connectivity index is 1.15. The molecule has 11 rings (SSSR count). The number of aromatic nitrogens is 6. The molecule has 0 saturated carbocycles. The highest BCUT2D eigenvalue weighted by molar-refractivity contribution is 6.19. The summed E-state index contributed by atoms with van der Waals surface area (Å²) in [6.07, 6.45) is 0. The summed E-state index contributed by atoms with van der Waals surface area (Å²) < 4.78 is 4.55. The van der Waals surface area contributed by atoms with Gasteiger partial charge in [0.25, 0.3) is 0 Å². The first-order valence-electron chi connectivity index (χ1n) is 18.7. The summed E-state index contributed by atoms with van der Waals surface area (Å²) >= 11 is 0. The number of hydrogen-bond donors (Lipinski definition) is 0. The van der Waals surface area contributed by atoms with Crippen molar-refractivity contribution in [2.45, 2.75) is 0 Å². The van der Waals surface area contributed by atoms with Gasteiger partial charge in [0, 0.05) is 49.5 Å². The van der Waals surface area contributed by atoms with E-state index in [2.05, 4.69) is 137 Å². The third kappa shape index (κ3) is 5.27. The lowest BCUT2D eigenvalue weighted by Gasteiger charge is -2.12. The van der Waals surface area contributed by atoms with Crippen LogP contribution >= 0.6 is 0 Å². The minimum absolute atomic E-state index is 0.552. The maximum atomic E-state index is 5.29. The fraction of sp³-hybridized carbons (Fsp3) is 0. The molecule has 6 nitrogen and oxygen atoms in total. The first-order chi connectivity index (χ1) is 27.8. The zero-order valence-electron chi connectivity index (χ0n) is 30.2. The molecule has 0 unspecified atom stereocenters. The summed E-state index contributed by atoms with van der Waals surface area (Å²) in [5, 5.41) is 4.68. The second kappa shape index (κ2) is 13.0. The van der Waals surface area contributed by atoms with Gasteiger partial charge in [-0.3, -0.25) is 4.57 Å². The van der Waals surface area contributed by atoms with Crippen LogP contribution in [0, 0.1) is 0 Å². The molecule has 0 aliphatic heterocycles. The normalized spacial score (nSPS) is 11.6. The molecule has 0 aliphatic carbocycles. The van der Waals surface area contributed by atoms with Gasteiger partial charge in [0.1, 0.15) is 0 Å². The molecule has 262 valence electrons. The number of para-hydroxylation sites is 3. The molecule has 4 heterocycles. The number of pyridine rings is 1. The van der Waals surface area contributed by atoms with Crippen LogP contribution in [0.1, 0.15) is 0 Å². The van der Waals surface area contributed by atoms with Gasteiger partial charge in [-0.1, -0.05) is 140 Å². The Kier molecular flexibility index (Phi) is 7.38. The number of rotatable bonds is 6. The Hall–Kier alpha value is -7.70. The predicted octanol–water partition coefficient (Wildman–Crippen LogP) is 12.1. The van der Waals surface area contributed by atoms with E-state index in [-0.39, 0.29) is 0 Å². The van der Waals surface area contributed by atoms with Gasteiger partial charge in [-0.2, -0.15) is 9.97 Å². The average molecular weight is 717 g/mol. The van der Waals surface area contributed by atoms with E-state index < -0.39 is 0 Å². The maximum absolute atomic E-state index is 5.29. The lowest BCUT2D eigenvalue weighted by atomic mass is 10.1. The zero-order chi connectivity index (χ0) is 37.0. The Morgan fingerprint density at radius 1 is 0.286 bits per heavy atom. The van der Waals surface area contributed by atoms with Crippen molar-refractivity contribution in [2.75, 3.05) is 0 Å². The van der Waals surface area contributed by atoms with Crippen molar-refractivity contribution in [1.29, 1.82) is 0 Å². The highest BCUT2D eigenvalue weighted by atomic mass is 15.2. The van der Waals surface area contributed by atoms with Crippen LogP contribution in [0.3, 0.4) is 0 Å². The average Bonchev–Trinajstić information content (AvgIpc) is 3.78. The number of benzene rings is 7. The molecule has 0 aliphatic rings. The molecule has 0 saturated heterocycles. The van der Waals surface area contributed by atoms with Crippen LogP contribution in [0.4, 0.5) is 0 Å². The maximum Gasteiger partial charge on any atom is 0.238 e. The highest BCUT2D eigenvalue weighted by Crippen LogP contribution is 2.39. The molecule has 56 heavy (non-hydrogen) atoms. The second-order valence-corrected chi connectivity index (χ2v) is 13.9. The third-order valence-electron chi connectivity index (χ3n) is 10.6. The lowest BCUT2D eigenvalue weighted by molar-refractivity contribution is 0.953. The summed E-state index contributed by atoms with van der Waals surface area (Å²) in [6.45, 7) is 0. The zero-order valence-corrected chi connectivity index (χ0v) is 30.2. The SMILES string of the molecule is c1ccc(-c2cccc(-c3cccc(-c4nc(-c5ccccc5)nc(-n5c6ccccc6c6cc7c8ccccc8n(-c8ccccc8)c7cc65)n4)c3)n2)cc1. The topological polar surface area (TPSA) is 61.4 Å². The van der Waals surface area contributed by atoms with E-state index in [9.17, 15) is 0 Å². The molecular weight excluding hydrogens is 685 g/mol. The van der Waals surface area contributed by atoms with Gasteiger partial charge in [0.15, 0.2) is 11.6 Å². The van der Waals surface area contributed by atoms with Crippen molar-refractivity contribution in [2.24, 2.45) is 0 Å². The molecule has 11 aromatic rings. The molecule has 0 spiro atoms. The predicted molar refractivity (Wildman–Crippen MR) is 228 cm³/mol. The second-order valence-electron chi connectivity index (χ2n) is 13.9. The summed E-state index contributed by atoms with van der Waals surface area (Å²) in [6, 6.07) is 67.3. The molecule has 7 aromatic carbocycles. The summed E-state index contributed by atoms with van der Waals surface area (Å²) in [4.78, 5) is 20.7. The fourth-order valence-electron chi connectivity index (χ4n) is 7.99. The number of nitrogens with zero attached hydrogens (tertiary/aromatic N) is 6. The molecular formula is C50H32N6. The molecule has 0 radical (unpaired) electrons. The van der Waals surface area contributed by atoms with Gasteiger partial charge >= 0.3 is 0 Å². The van der Waals surface area contributed by atoms with Gasteiger partial charge in [-0.15, -0.1) is 0 Å². The van der Waals surface area contributed by atoms with E-state index in [0.717, 1.165) is 72.2 Å². The number of hydrogen-bond acceptors (Lipinski definition) is 4. The Bertz CT molecular complexity index is 3240. The van der Waals surface area contributed by atoms with Crippen molar-refractivity contribution >= 4 is 43.6 Å². The summed E-state index contributed by atoms with van der Waals surface area (Å²) in [5.41, 5.74) is 11.1.